The lowest BCUT2D eigenvalue weighted by molar-refractivity contribution is 1.65. The molecular formula is C12H9Si2. The SMILES string of the molecule is [Si][Si]c1ccccc1-c1ccccc1. The lowest BCUT2D eigenvalue weighted by atomic mass is 10.1. The maximum atomic E-state index is 3.58. The average molecular weight is 209 g/mol. The molecule has 0 aliphatic carbocycles. The first-order valence-corrected chi connectivity index (χ1v) is 6.99. The fourth-order valence-corrected chi connectivity index (χ4v) is 2.66. The fraction of sp³-hybridized carbons (Fsp3) is 0. The fourth-order valence-electron chi connectivity index (χ4n) is 1.46. The normalized spacial score (nSPS) is 10.1. The third kappa shape index (κ3) is 1.86. The molecule has 0 saturated carbocycles. The molecule has 0 aliphatic heterocycles. The Morgan fingerprint density at radius 2 is 1.43 bits per heavy atom. The molecule has 0 N–H and O–H groups in total. The molecule has 0 spiro atoms. The zero-order chi connectivity index (χ0) is 9.80. The van der Waals surface area contributed by atoms with Gasteiger partial charge in [0.15, 0.2) is 0 Å². The van der Waals surface area contributed by atoms with Crippen LogP contribution in [0.4, 0.5) is 0 Å². The minimum absolute atomic E-state index is 0.660. The summed E-state index contributed by atoms with van der Waals surface area (Å²) in [5, 5.41) is 1.36. The summed E-state index contributed by atoms with van der Waals surface area (Å²) in [6.07, 6.45) is 0. The van der Waals surface area contributed by atoms with Gasteiger partial charge in [0.05, 0.1) is 9.04 Å². The highest BCUT2D eigenvalue weighted by molar-refractivity contribution is 6.98. The third-order valence-corrected chi connectivity index (χ3v) is 3.66. The van der Waals surface area contributed by atoms with E-state index in [-0.39, 0.29) is 0 Å². The molecule has 0 amide bonds. The minimum atomic E-state index is 0.660. The Morgan fingerprint density at radius 3 is 2.14 bits per heavy atom. The van der Waals surface area contributed by atoms with Crippen molar-refractivity contribution >= 4 is 24.0 Å². The molecule has 2 rings (SSSR count). The maximum absolute atomic E-state index is 3.58. The second-order valence-electron chi connectivity index (χ2n) is 3.04. The van der Waals surface area contributed by atoms with E-state index in [0.717, 1.165) is 0 Å². The summed E-state index contributed by atoms with van der Waals surface area (Å²) in [6.45, 7) is 0. The number of rotatable bonds is 2. The monoisotopic (exact) mass is 209 g/mol. The largest absolute Gasteiger partial charge is 0.0633 e. The number of benzene rings is 2. The molecule has 0 fully saturated rings. The third-order valence-electron chi connectivity index (χ3n) is 2.15. The van der Waals surface area contributed by atoms with Crippen LogP contribution in [0.1, 0.15) is 0 Å². The van der Waals surface area contributed by atoms with Gasteiger partial charge in [-0.05, 0) is 11.1 Å². The first kappa shape index (κ1) is 9.43. The van der Waals surface area contributed by atoms with Gasteiger partial charge in [-0.2, -0.15) is 0 Å². The van der Waals surface area contributed by atoms with Gasteiger partial charge in [0, 0.05) is 9.76 Å². The second-order valence-corrected chi connectivity index (χ2v) is 4.58. The zero-order valence-electron chi connectivity index (χ0n) is 7.70. The van der Waals surface area contributed by atoms with E-state index in [1.807, 2.05) is 6.07 Å². The van der Waals surface area contributed by atoms with Gasteiger partial charge in [-0.3, -0.25) is 0 Å². The number of hydrogen-bond acceptors (Lipinski definition) is 0. The van der Waals surface area contributed by atoms with Crippen molar-refractivity contribution in [3.8, 4) is 11.1 Å². The Morgan fingerprint density at radius 1 is 0.786 bits per heavy atom. The highest BCUT2D eigenvalue weighted by Crippen LogP contribution is 2.15. The summed E-state index contributed by atoms with van der Waals surface area (Å²) in [6, 6.07) is 19.0. The van der Waals surface area contributed by atoms with Crippen LogP contribution < -0.4 is 5.19 Å². The summed E-state index contributed by atoms with van der Waals surface area (Å²) < 4.78 is 0. The lowest BCUT2D eigenvalue weighted by Gasteiger charge is -2.06. The van der Waals surface area contributed by atoms with Gasteiger partial charge in [-0.1, -0.05) is 59.8 Å². The van der Waals surface area contributed by atoms with Crippen molar-refractivity contribution in [3.63, 3.8) is 0 Å². The van der Waals surface area contributed by atoms with Crippen molar-refractivity contribution in [1.82, 2.24) is 0 Å². The van der Waals surface area contributed by atoms with Crippen LogP contribution in [-0.2, 0) is 0 Å². The zero-order valence-corrected chi connectivity index (χ0v) is 9.70. The molecule has 0 nitrogen and oxygen atoms in total. The van der Waals surface area contributed by atoms with Crippen molar-refractivity contribution in [3.05, 3.63) is 54.6 Å². The Balaban J connectivity index is 2.51. The molecule has 0 bridgehead atoms. The molecule has 0 aromatic heterocycles. The van der Waals surface area contributed by atoms with Crippen LogP contribution in [0.15, 0.2) is 54.6 Å². The predicted molar refractivity (Wildman–Crippen MR) is 63.0 cm³/mol. The number of hydrogen-bond donors (Lipinski definition) is 0. The van der Waals surface area contributed by atoms with E-state index >= 15 is 0 Å². The van der Waals surface area contributed by atoms with Crippen LogP contribution in [0.2, 0.25) is 0 Å². The molecule has 0 heterocycles. The topological polar surface area (TPSA) is 0 Å². The van der Waals surface area contributed by atoms with Crippen molar-refractivity contribution < 1.29 is 0 Å². The predicted octanol–water partition coefficient (Wildman–Crippen LogP) is 1.77. The van der Waals surface area contributed by atoms with Crippen LogP contribution in [0.5, 0.6) is 0 Å². The molecule has 0 aliphatic rings. The van der Waals surface area contributed by atoms with Gasteiger partial charge in [0.25, 0.3) is 0 Å². The Hall–Kier alpha value is -1.13. The summed E-state index contributed by atoms with van der Waals surface area (Å²) in [4.78, 5) is 0. The molecule has 2 aromatic rings. The molecule has 0 unspecified atom stereocenters. The van der Waals surface area contributed by atoms with Gasteiger partial charge in [0.2, 0.25) is 0 Å². The standard InChI is InChI=1S/C12H9Si2/c13-14-12-9-5-4-8-11(12)10-6-2-1-3-7-10/h1-9H. The van der Waals surface area contributed by atoms with Crippen molar-refractivity contribution in [2.75, 3.05) is 0 Å². The smallest absolute Gasteiger partial charge is 0.0612 e. The van der Waals surface area contributed by atoms with E-state index in [1.54, 1.807) is 0 Å². The van der Waals surface area contributed by atoms with Crippen molar-refractivity contribution in [2.45, 2.75) is 0 Å². The van der Waals surface area contributed by atoms with Gasteiger partial charge < -0.3 is 0 Å². The van der Waals surface area contributed by atoms with Crippen LogP contribution in [0.3, 0.4) is 0 Å². The highest BCUT2D eigenvalue weighted by Gasteiger charge is 2.00. The molecule has 0 atom stereocenters. The summed E-state index contributed by atoms with van der Waals surface area (Å²) >= 11 is 0. The summed E-state index contributed by atoms with van der Waals surface area (Å²) in [5.41, 5.74) is 2.61. The van der Waals surface area contributed by atoms with Gasteiger partial charge in [0.1, 0.15) is 0 Å². The maximum Gasteiger partial charge on any atom is 0.0612 e. The van der Waals surface area contributed by atoms with E-state index in [9.17, 15) is 0 Å². The van der Waals surface area contributed by atoms with E-state index in [1.165, 1.54) is 16.3 Å². The molecule has 0 saturated heterocycles. The van der Waals surface area contributed by atoms with Crippen LogP contribution in [-0.4, -0.2) is 18.8 Å². The van der Waals surface area contributed by atoms with E-state index in [2.05, 4.69) is 58.3 Å². The first-order chi connectivity index (χ1) is 6.92. The molecule has 2 heteroatoms. The minimum Gasteiger partial charge on any atom is -0.0633 e. The van der Waals surface area contributed by atoms with Crippen molar-refractivity contribution in [1.29, 1.82) is 0 Å². The summed E-state index contributed by atoms with van der Waals surface area (Å²) in [7, 11) is 4.24. The van der Waals surface area contributed by atoms with Crippen LogP contribution in [0.25, 0.3) is 11.1 Å². The molecule has 5 radical (unpaired) electrons. The molecule has 2 aromatic carbocycles. The van der Waals surface area contributed by atoms with E-state index < -0.39 is 0 Å². The molecule has 14 heavy (non-hydrogen) atoms. The summed E-state index contributed by atoms with van der Waals surface area (Å²) in [5.74, 6) is 0. The first-order valence-electron chi connectivity index (χ1n) is 4.49. The Kier molecular flexibility index (Phi) is 2.96. The quantitative estimate of drug-likeness (QED) is 0.661. The van der Waals surface area contributed by atoms with Crippen LogP contribution in [0, 0.1) is 0 Å². The van der Waals surface area contributed by atoms with Gasteiger partial charge in [-0.15, -0.1) is 0 Å². The second kappa shape index (κ2) is 4.39. The molecule has 65 valence electrons. The van der Waals surface area contributed by atoms with Crippen molar-refractivity contribution in [2.24, 2.45) is 0 Å². The Labute approximate surface area is 90.0 Å². The van der Waals surface area contributed by atoms with E-state index in [0.29, 0.717) is 9.04 Å². The lowest BCUT2D eigenvalue weighted by Crippen LogP contribution is -2.16. The van der Waals surface area contributed by atoms with Gasteiger partial charge in [-0.25, -0.2) is 0 Å². The highest BCUT2D eigenvalue weighted by atomic mass is 29.1. The van der Waals surface area contributed by atoms with E-state index in [4.69, 9.17) is 0 Å². The molecular weight excluding hydrogens is 200 g/mol. The van der Waals surface area contributed by atoms with Crippen LogP contribution >= 0.6 is 0 Å². The van der Waals surface area contributed by atoms with Gasteiger partial charge >= 0.3 is 0 Å². The average Bonchev–Trinajstić information content (AvgIpc) is 2.30. The Bertz CT molecular complexity index is 410.